The second kappa shape index (κ2) is 5.62. The van der Waals surface area contributed by atoms with Crippen LogP contribution in [-0.4, -0.2) is 34.8 Å². The number of hydrogen-bond donors (Lipinski definition) is 1. The van der Waals surface area contributed by atoms with E-state index < -0.39 is 0 Å². The molecule has 1 aromatic rings. The molecular formula is C18H23N3O2. The lowest BCUT2D eigenvalue weighted by molar-refractivity contribution is -0.132. The average Bonchev–Trinajstić information content (AvgIpc) is 3.30. The predicted molar refractivity (Wildman–Crippen MR) is 85.2 cm³/mol. The molecule has 5 nitrogen and oxygen atoms in total. The molecular weight excluding hydrogens is 290 g/mol. The fourth-order valence-electron chi connectivity index (χ4n) is 4.04. The average molecular weight is 313 g/mol. The third-order valence-corrected chi connectivity index (χ3v) is 5.77. The lowest BCUT2D eigenvalue weighted by Gasteiger charge is -2.41. The molecule has 0 bridgehead atoms. The summed E-state index contributed by atoms with van der Waals surface area (Å²) in [5, 5.41) is 3.06. The lowest BCUT2D eigenvalue weighted by atomic mass is 9.62. The third kappa shape index (κ3) is 2.73. The van der Waals surface area contributed by atoms with Crippen LogP contribution in [0.15, 0.2) is 24.5 Å². The SMILES string of the molecule is O=C(NCc1ccncc1)C1CN(C(=O)C2CC2)CC12CCC2. The lowest BCUT2D eigenvalue weighted by Crippen LogP contribution is -2.45. The van der Waals surface area contributed by atoms with Gasteiger partial charge in [0.2, 0.25) is 11.8 Å². The van der Waals surface area contributed by atoms with Gasteiger partial charge in [-0.15, -0.1) is 0 Å². The summed E-state index contributed by atoms with van der Waals surface area (Å²) in [5.74, 6) is 0.583. The van der Waals surface area contributed by atoms with Crippen molar-refractivity contribution in [2.75, 3.05) is 13.1 Å². The van der Waals surface area contributed by atoms with Gasteiger partial charge in [-0.1, -0.05) is 6.42 Å². The zero-order valence-electron chi connectivity index (χ0n) is 13.3. The number of likely N-dealkylation sites (tertiary alicyclic amines) is 1. The van der Waals surface area contributed by atoms with Crippen molar-refractivity contribution in [1.29, 1.82) is 0 Å². The second-order valence-electron chi connectivity index (χ2n) is 7.33. The first-order valence-corrected chi connectivity index (χ1v) is 8.63. The molecule has 5 heteroatoms. The summed E-state index contributed by atoms with van der Waals surface area (Å²) in [7, 11) is 0. The zero-order valence-corrected chi connectivity index (χ0v) is 13.3. The first kappa shape index (κ1) is 14.7. The monoisotopic (exact) mass is 313 g/mol. The number of nitrogens with one attached hydrogen (secondary N) is 1. The number of aromatic nitrogens is 1. The van der Waals surface area contributed by atoms with E-state index in [1.165, 1.54) is 6.42 Å². The number of nitrogens with zero attached hydrogens (tertiary/aromatic N) is 2. The van der Waals surface area contributed by atoms with E-state index in [0.717, 1.165) is 37.8 Å². The summed E-state index contributed by atoms with van der Waals surface area (Å²) in [6.45, 7) is 1.93. The van der Waals surface area contributed by atoms with Crippen molar-refractivity contribution < 1.29 is 9.59 Å². The van der Waals surface area contributed by atoms with Crippen LogP contribution in [-0.2, 0) is 16.1 Å². The number of hydrogen-bond acceptors (Lipinski definition) is 3. The highest BCUT2D eigenvalue weighted by Crippen LogP contribution is 2.52. The van der Waals surface area contributed by atoms with E-state index in [4.69, 9.17) is 0 Å². The summed E-state index contributed by atoms with van der Waals surface area (Å²) >= 11 is 0. The molecule has 2 heterocycles. The fourth-order valence-corrected chi connectivity index (χ4v) is 4.04. The third-order valence-electron chi connectivity index (χ3n) is 5.77. The molecule has 1 N–H and O–H groups in total. The Kier molecular flexibility index (Phi) is 3.58. The Balaban J connectivity index is 1.41. The van der Waals surface area contributed by atoms with Gasteiger partial charge >= 0.3 is 0 Å². The highest BCUT2D eigenvalue weighted by atomic mass is 16.2. The van der Waals surface area contributed by atoms with Gasteiger partial charge in [0.1, 0.15) is 0 Å². The van der Waals surface area contributed by atoms with Crippen LogP contribution in [0.2, 0.25) is 0 Å². The van der Waals surface area contributed by atoms with Crippen molar-refractivity contribution in [3.63, 3.8) is 0 Å². The molecule has 2 aliphatic carbocycles. The number of carbonyl (C=O) groups is 2. The van der Waals surface area contributed by atoms with E-state index in [-0.39, 0.29) is 29.1 Å². The molecule has 3 aliphatic rings. The fraction of sp³-hybridized carbons (Fsp3) is 0.611. The van der Waals surface area contributed by atoms with Gasteiger partial charge < -0.3 is 10.2 Å². The van der Waals surface area contributed by atoms with Crippen molar-refractivity contribution in [2.45, 2.75) is 38.6 Å². The van der Waals surface area contributed by atoms with Crippen LogP contribution in [0.25, 0.3) is 0 Å². The molecule has 1 aliphatic heterocycles. The maximum Gasteiger partial charge on any atom is 0.225 e. The molecule has 122 valence electrons. The molecule has 0 radical (unpaired) electrons. The van der Waals surface area contributed by atoms with Gasteiger partial charge in [0.15, 0.2) is 0 Å². The molecule has 2 amide bonds. The zero-order chi connectivity index (χ0) is 15.9. The Morgan fingerprint density at radius 3 is 2.61 bits per heavy atom. The Hall–Kier alpha value is -1.91. The highest BCUT2D eigenvalue weighted by molar-refractivity contribution is 5.85. The first-order valence-electron chi connectivity index (χ1n) is 8.63. The van der Waals surface area contributed by atoms with E-state index in [1.807, 2.05) is 17.0 Å². The van der Waals surface area contributed by atoms with Crippen molar-refractivity contribution in [3.8, 4) is 0 Å². The van der Waals surface area contributed by atoms with Crippen LogP contribution in [0.1, 0.15) is 37.7 Å². The number of amides is 2. The summed E-state index contributed by atoms with van der Waals surface area (Å²) < 4.78 is 0. The maximum absolute atomic E-state index is 12.7. The molecule has 3 fully saturated rings. The van der Waals surface area contributed by atoms with Gasteiger partial charge in [-0.05, 0) is 43.4 Å². The molecule has 1 aromatic heterocycles. The Morgan fingerprint density at radius 1 is 1.26 bits per heavy atom. The van der Waals surface area contributed by atoms with Crippen LogP contribution in [0.5, 0.6) is 0 Å². The molecule has 1 unspecified atom stereocenters. The summed E-state index contributed by atoms with van der Waals surface area (Å²) in [4.78, 5) is 31.0. The number of pyridine rings is 1. The smallest absolute Gasteiger partial charge is 0.225 e. The van der Waals surface area contributed by atoms with E-state index in [0.29, 0.717) is 13.1 Å². The minimum Gasteiger partial charge on any atom is -0.352 e. The van der Waals surface area contributed by atoms with Crippen LogP contribution >= 0.6 is 0 Å². The highest BCUT2D eigenvalue weighted by Gasteiger charge is 2.55. The molecule has 2 saturated carbocycles. The Bertz CT molecular complexity index is 608. The van der Waals surface area contributed by atoms with E-state index in [1.54, 1.807) is 12.4 Å². The predicted octanol–water partition coefficient (Wildman–Crippen LogP) is 1.74. The molecule has 23 heavy (non-hydrogen) atoms. The second-order valence-corrected chi connectivity index (χ2v) is 7.33. The van der Waals surface area contributed by atoms with Gasteiger partial charge in [-0.25, -0.2) is 0 Å². The topological polar surface area (TPSA) is 62.3 Å². The van der Waals surface area contributed by atoms with E-state index in [9.17, 15) is 9.59 Å². The summed E-state index contributed by atoms with van der Waals surface area (Å²) in [6.07, 6.45) is 8.87. The van der Waals surface area contributed by atoms with Gasteiger partial charge in [-0.3, -0.25) is 14.6 Å². The standard InChI is InChI=1S/C18H23N3O2/c22-16(20-10-13-4-8-19-9-5-13)15-11-21(17(23)14-2-3-14)12-18(15)6-1-7-18/h4-5,8-9,14-15H,1-3,6-7,10-12H2,(H,20,22). The van der Waals surface area contributed by atoms with Crippen molar-refractivity contribution in [3.05, 3.63) is 30.1 Å². The molecule has 1 spiro atoms. The minimum absolute atomic E-state index is 0.0409. The Labute approximate surface area is 136 Å². The quantitative estimate of drug-likeness (QED) is 0.921. The van der Waals surface area contributed by atoms with Gasteiger partial charge in [-0.2, -0.15) is 0 Å². The van der Waals surface area contributed by atoms with Crippen LogP contribution in [0.3, 0.4) is 0 Å². The van der Waals surface area contributed by atoms with Crippen LogP contribution in [0.4, 0.5) is 0 Å². The normalized spacial score (nSPS) is 25.2. The number of rotatable bonds is 4. The van der Waals surface area contributed by atoms with Crippen molar-refractivity contribution in [1.82, 2.24) is 15.2 Å². The number of carbonyl (C=O) groups excluding carboxylic acids is 2. The first-order chi connectivity index (χ1) is 11.2. The molecule has 1 saturated heterocycles. The van der Waals surface area contributed by atoms with Gasteiger partial charge in [0.05, 0.1) is 5.92 Å². The van der Waals surface area contributed by atoms with E-state index >= 15 is 0 Å². The largest absolute Gasteiger partial charge is 0.352 e. The van der Waals surface area contributed by atoms with Crippen molar-refractivity contribution in [2.24, 2.45) is 17.3 Å². The summed E-state index contributed by atoms with van der Waals surface area (Å²) in [6, 6.07) is 3.83. The minimum atomic E-state index is -0.0409. The van der Waals surface area contributed by atoms with Crippen molar-refractivity contribution >= 4 is 11.8 Å². The Morgan fingerprint density at radius 2 is 2.00 bits per heavy atom. The van der Waals surface area contributed by atoms with Crippen LogP contribution < -0.4 is 5.32 Å². The van der Waals surface area contributed by atoms with Gasteiger partial charge in [0, 0.05) is 43.4 Å². The molecule has 1 atom stereocenters. The van der Waals surface area contributed by atoms with Gasteiger partial charge in [0.25, 0.3) is 0 Å². The van der Waals surface area contributed by atoms with E-state index in [2.05, 4.69) is 10.3 Å². The summed E-state index contributed by atoms with van der Waals surface area (Å²) in [5.41, 5.74) is 1.10. The molecule has 4 rings (SSSR count). The molecule has 0 aromatic carbocycles. The van der Waals surface area contributed by atoms with Crippen LogP contribution in [0, 0.1) is 17.3 Å². The maximum atomic E-state index is 12.7.